The molecule has 0 amide bonds. The maximum absolute atomic E-state index is 14.9. The van der Waals surface area contributed by atoms with Crippen molar-refractivity contribution in [1.29, 1.82) is 0 Å². The van der Waals surface area contributed by atoms with Crippen molar-refractivity contribution >= 4 is 21.7 Å². The van der Waals surface area contributed by atoms with Gasteiger partial charge < -0.3 is 5.11 Å². The van der Waals surface area contributed by atoms with Gasteiger partial charge >= 0.3 is 5.97 Å². The number of anilines is 1. The zero-order chi connectivity index (χ0) is 20.5. The summed E-state index contributed by atoms with van der Waals surface area (Å²) < 4.78 is 70.3. The normalized spacial score (nSPS) is 11.2. The summed E-state index contributed by atoms with van der Waals surface area (Å²) >= 11 is 0. The quantitative estimate of drug-likeness (QED) is 0.619. The second kappa shape index (κ2) is 7.35. The summed E-state index contributed by atoms with van der Waals surface area (Å²) in [6.07, 6.45) is 0. The summed E-state index contributed by atoms with van der Waals surface area (Å²) in [6.45, 7) is 0. The van der Waals surface area contributed by atoms with Crippen LogP contribution in [0.15, 0.2) is 65.6 Å². The first kappa shape index (κ1) is 19.4. The van der Waals surface area contributed by atoms with Gasteiger partial charge in [0, 0.05) is 5.56 Å². The molecule has 3 rings (SSSR count). The van der Waals surface area contributed by atoms with Crippen molar-refractivity contribution in [1.82, 2.24) is 0 Å². The lowest BCUT2D eigenvalue weighted by Gasteiger charge is -2.14. The molecule has 0 spiro atoms. The van der Waals surface area contributed by atoms with Crippen molar-refractivity contribution < 1.29 is 31.5 Å². The van der Waals surface area contributed by atoms with Crippen molar-refractivity contribution in [2.24, 2.45) is 0 Å². The van der Waals surface area contributed by atoms with E-state index in [1.165, 1.54) is 36.4 Å². The fourth-order valence-electron chi connectivity index (χ4n) is 2.60. The second-order valence-electron chi connectivity index (χ2n) is 5.69. The molecule has 0 saturated carbocycles. The fraction of sp³-hybridized carbons (Fsp3) is 0. The Morgan fingerprint density at radius 1 is 0.893 bits per heavy atom. The van der Waals surface area contributed by atoms with Crippen LogP contribution >= 0.6 is 0 Å². The van der Waals surface area contributed by atoms with Gasteiger partial charge in [0.05, 0.1) is 11.3 Å². The van der Waals surface area contributed by atoms with Gasteiger partial charge in [-0.15, -0.1) is 0 Å². The van der Waals surface area contributed by atoms with Crippen LogP contribution in [0.25, 0.3) is 11.1 Å². The zero-order valence-corrected chi connectivity index (χ0v) is 14.8. The minimum Gasteiger partial charge on any atom is -0.478 e. The first-order chi connectivity index (χ1) is 13.2. The van der Waals surface area contributed by atoms with Gasteiger partial charge in [0.15, 0.2) is 22.3 Å². The minimum absolute atomic E-state index is 0.140. The fourth-order valence-corrected chi connectivity index (χ4v) is 3.85. The monoisotopic (exact) mass is 407 g/mol. The van der Waals surface area contributed by atoms with Gasteiger partial charge in [0.1, 0.15) is 0 Å². The van der Waals surface area contributed by atoms with E-state index in [4.69, 9.17) is 5.11 Å². The smallest absolute Gasteiger partial charge is 0.337 e. The Morgan fingerprint density at radius 3 is 2.14 bits per heavy atom. The molecule has 0 radical (unpaired) electrons. The van der Waals surface area contributed by atoms with Gasteiger partial charge in [0.2, 0.25) is 0 Å². The van der Waals surface area contributed by atoms with Crippen LogP contribution < -0.4 is 4.72 Å². The Kier molecular flexibility index (Phi) is 5.10. The molecule has 0 aliphatic heterocycles. The topological polar surface area (TPSA) is 83.5 Å². The summed E-state index contributed by atoms with van der Waals surface area (Å²) in [5.74, 6) is -6.42. The van der Waals surface area contributed by atoms with Crippen LogP contribution in [-0.4, -0.2) is 19.5 Å². The Bertz CT molecular complexity index is 1170. The first-order valence-corrected chi connectivity index (χ1v) is 9.28. The third kappa shape index (κ3) is 3.56. The zero-order valence-electron chi connectivity index (χ0n) is 14.0. The number of carboxylic acid groups (broad SMARTS) is 1. The lowest BCUT2D eigenvalue weighted by molar-refractivity contribution is 0.0698. The number of sulfonamides is 1. The van der Waals surface area contributed by atoms with Crippen LogP contribution in [-0.2, 0) is 10.0 Å². The van der Waals surface area contributed by atoms with Gasteiger partial charge in [0.25, 0.3) is 10.0 Å². The largest absolute Gasteiger partial charge is 0.478 e. The molecule has 0 saturated heterocycles. The summed E-state index contributed by atoms with van der Waals surface area (Å²) in [4.78, 5) is 9.69. The number of carboxylic acids is 1. The van der Waals surface area contributed by atoms with E-state index in [0.29, 0.717) is 6.07 Å². The van der Waals surface area contributed by atoms with Gasteiger partial charge in [-0.25, -0.2) is 26.4 Å². The van der Waals surface area contributed by atoms with Gasteiger partial charge in [-0.2, -0.15) is 0 Å². The van der Waals surface area contributed by atoms with Crippen molar-refractivity contribution in [2.75, 3.05) is 4.72 Å². The van der Waals surface area contributed by atoms with Gasteiger partial charge in [-0.1, -0.05) is 42.5 Å². The highest BCUT2D eigenvalue weighted by Crippen LogP contribution is 2.32. The van der Waals surface area contributed by atoms with E-state index in [0.717, 1.165) is 12.1 Å². The van der Waals surface area contributed by atoms with Crippen LogP contribution in [0.5, 0.6) is 0 Å². The van der Waals surface area contributed by atoms with E-state index in [-0.39, 0.29) is 5.56 Å². The number of nitrogens with one attached hydrogen (secondary N) is 1. The van der Waals surface area contributed by atoms with E-state index in [1.807, 2.05) is 4.72 Å². The lowest BCUT2D eigenvalue weighted by Crippen LogP contribution is -2.19. The van der Waals surface area contributed by atoms with Crippen LogP contribution in [0.2, 0.25) is 0 Å². The molecule has 3 aromatic rings. The Balaban J connectivity index is 2.18. The molecule has 0 bridgehead atoms. The first-order valence-electron chi connectivity index (χ1n) is 7.80. The lowest BCUT2D eigenvalue weighted by atomic mass is 10.0. The predicted molar refractivity (Wildman–Crippen MR) is 96.0 cm³/mol. The number of halogens is 3. The maximum atomic E-state index is 14.9. The standard InChI is InChI=1S/C19H12F3NO4S/c20-14-10-13(11-6-2-1-3-7-11)16(21)18(17(14)22)28(26,27)23-15-9-5-4-8-12(15)19(24)25/h1-10,23H,(H,24,25). The van der Waals surface area contributed by atoms with Crippen molar-refractivity contribution in [3.8, 4) is 11.1 Å². The molecule has 0 aliphatic carbocycles. The maximum Gasteiger partial charge on any atom is 0.337 e. The Labute approximate surface area is 158 Å². The van der Waals surface area contributed by atoms with E-state index in [9.17, 15) is 26.4 Å². The molecule has 28 heavy (non-hydrogen) atoms. The molecule has 144 valence electrons. The molecule has 0 atom stereocenters. The van der Waals surface area contributed by atoms with Gasteiger partial charge in [-0.3, -0.25) is 4.72 Å². The number of hydrogen-bond donors (Lipinski definition) is 2. The number of para-hydroxylation sites is 1. The third-order valence-corrected chi connectivity index (χ3v) is 5.26. The SMILES string of the molecule is O=C(O)c1ccccc1NS(=O)(=O)c1c(F)c(F)cc(-c2ccccc2)c1F. The van der Waals surface area contributed by atoms with E-state index >= 15 is 0 Å². The van der Waals surface area contributed by atoms with E-state index in [2.05, 4.69) is 0 Å². The second-order valence-corrected chi connectivity index (χ2v) is 7.30. The van der Waals surface area contributed by atoms with Crippen molar-refractivity contribution in [3.05, 3.63) is 83.7 Å². The molecule has 9 heteroatoms. The molecular formula is C19H12F3NO4S. The van der Waals surface area contributed by atoms with Crippen LogP contribution in [0.3, 0.4) is 0 Å². The highest BCUT2D eigenvalue weighted by atomic mass is 32.2. The number of benzene rings is 3. The summed E-state index contributed by atoms with van der Waals surface area (Å²) in [5, 5.41) is 9.14. The average molecular weight is 407 g/mol. The average Bonchev–Trinajstić information content (AvgIpc) is 2.65. The number of rotatable bonds is 5. The van der Waals surface area contributed by atoms with Crippen molar-refractivity contribution in [2.45, 2.75) is 4.90 Å². The molecule has 0 heterocycles. The Hall–Kier alpha value is -3.33. The molecular weight excluding hydrogens is 395 g/mol. The Morgan fingerprint density at radius 2 is 1.50 bits per heavy atom. The molecule has 0 unspecified atom stereocenters. The number of aromatic carboxylic acids is 1. The number of carbonyl (C=O) groups is 1. The highest BCUT2D eigenvalue weighted by Gasteiger charge is 2.30. The summed E-state index contributed by atoms with van der Waals surface area (Å²) in [7, 11) is -4.99. The predicted octanol–water partition coefficient (Wildman–Crippen LogP) is 4.27. The summed E-state index contributed by atoms with van der Waals surface area (Å²) in [6, 6.07) is 12.9. The van der Waals surface area contributed by atoms with Crippen LogP contribution in [0.4, 0.5) is 18.9 Å². The minimum atomic E-state index is -4.99. The van der Waals surface area contributed by atoms with Crippen LogP contribution in [0, 0.1) is 17.5 Å². The van der Waals surface area contributed by atoms with Crippen molar-refractivity contribution in [3.63, 3.8) is 0 Å². The molecule has 3 aromatic carbocycles. The number of hydrogen-bond acceptors (Lipinski definition) is 3. The van der Waals surface area contributed by atoms with Crippen LogP contribution in [0.1, 0.15) is 10.4 Å². The highest BCUT2D eigenvalue weighted by molar-refractivity contribution is 7.92. The molecule has 5 nitrogen and oxygen atoms in total. The van der Waals surface area contributed by atoms with E-state index < -0.39 is 55.2 Å². The molecule has 0 fully saturated rings. The molecule has 0 aromatic heterocycles. The van der Waals surface area contributed by atoms with Gasteiger partial charge in [-0.05, 0) is 23.8 Å². The van der Waals surface area contributed by atoms with E-state index in [1.54, 1.807) is 6.07 Å². The third-order valence-electron chi connectivity index (χ3n) is 3.87. The summed E-state index contributed by atoms with van der Waals surface area (Å²) in [5.41, 5.74) is -1.17. The molecule has 2 N–H and O–H groups in total. The molecule has 0 aliphatic rings.